The predicted molar refractivity (Wildman–Crippen MR) is 85.0 cm³/mol. The molecule has 6 nitrogen and oxygen atoms in total. The van der Waals surface area contributed by atoms with E-state index < -0.39 is 10.0 Å². The Kier molecular flexibility index (Phi) is 5.85. The van der Waals surface area contributed by atoms with E-state index in [1.807, 2.05) is 30.3 Å². The lowest BCUT2D eigenvalue weighted by molar-refractivity contribution is 0.535. The molecule has 22 heavy (non-hydrogen) atoms. The molecule has 1 aromatic heterocycles. The summed E-state index contributed by atoms with van der Waals surface area (Å²) in [6.07, 6.45) is 2.53. The molecule has 0 amide bonds. The Morgan fingerprint density at radius 1 is 1.09 bits per heavy atom. The molecule has 0 aliphatic heterocycles. The van der Waals surface area contributed by atoms with Crippen molar-refractivity contribution < 1.29 is 8.42 Å². The number of benzene rings is 1. The zero-order valence-electron chi connectivity index (χ0n) is 12.2. The lowest BCUT2D eigenvalue weighted by atomic mass is 10.2. The highest BCUT2D eigenvalue weighted by Gasteiger charge is 2.09. The van der Waals surface area contributed by atoms with Crippen LogP contribution < -0.4 is 10.3 Å². The van der Waals surface area contributed by atoms with Crippen molar-refractivity contribution >= 4 is 10.0 Å². The van der Waals surface area contributed by atoms with Gasteiger partial charge in [-0.2, -0.15) is 5.10 Å². The molecule has 0 aliphatic carbocycles. The fourth-order valence-corrected chi connectivity index (χ4v) is 3.08. The maximum absolute atomic E-state index is 11.9. The molecule has 118 valence electrons. The topological polar surface area (TPSA) is 81.1 Å². The number of hydrogen-bond acceptors (Lipinski definition) is 4. The quantitative estimate of drug-likeness (QED) is 0.729. The van der Waals surface area contributed by atoms with Gasteiger partial charge in [-0.3, -0.25) is 4.79 Å². The van der Waals surface area contributed by atoms with Gasteiger partial charge in [0, 0.05) is 25.4 Å². The van der Waals surface area contributed by atoms with Crippen molar-refractivity contribution in [1.82, 2.24) is 14.5 Å². The third-order valence-corrected chi connectivity index (χ3v) is 4.54. The zero-order valence-corrected chi connectivity index (χ0v) is 13.0. The van der Waals surface area contributed by atoms with Crippen LogP contribution in [0.3, 0.4) is 0 Å². The number of sulfonamides is 1. The summed E-state index contributed by atoms with van der Waals surface area (Å²) in [5.41, 5.74) is 0.808. The normalized spacial score (nSPS) is 11.5. The second-order valence-electron chi connectivity index (χ2n) is 4.89. The standard InChI is InChI=1S/C15H19N3O3S/c19-15-8-4-10-16-18(15)12-5-11-17-22(20,21)13-9-14-6-2-1-3-7-14/h1-4,6-8,10,17H,5,9,11-13H2. The average molecular weight is 321 g/mol. The molecule has 0 spiro atoms. The maximum Gasteiger partial charge on any atom is 0.266 e. The van der Waals surface area contributed by atoms with Crippen LogP contribution in [0.1, 0.15) is 12.0 Å². The molecule has 0 fully saturated rings. The van der Waals surface area contributed by atoms with Crippen LogP contribution in [0.5, 0.6) is 0 Å². The van der Waals surface area contributed by atoms with Gasteiger partial charge in [0.2, 0.25) is 10.0 Å². The molecule has 1 N–H and O–H groups in total. The van der Waals surface area contributed by atoms with Crippen molar-refractivity contribution in [3.63, 3.8) is 0 Å². The summed E-state index contributed by atoms with van der Waals surface area (Å²) in [5.74, 6) is 0.0561. The first kappa shape index (κ1) is 16.4. The maximum atomic E-state index is 11.9. The Morgan fingerprint density at radius 3 is 2.59 bits per heavy atom. The van der Waals surface area contributed by atoms with Crippen molar-refractivity contribution in [2.45, 2.75) is 19.4 Å². The van der Waals surface area contributed by atoms with Crippen LogP contribution in [-0.4, -0.2) is 30.5 Å². The van der Waals surface area contributed by atoms with Crippen LogP contribution in [0.4, 0.5) is 0 Å². The van der Waals surface area contributed by atoms with E-state index >= 15 is 0 Å². The summed E-state index contributed by atoms with van der Waals surface area (Å²) < 4.78 is 27.6. The fourth-order valence-electron chi connectivity index (χ4n) is 1.98. The number of aryl methyl sites for hydroxylation is 2. The predicted octanol–water partition coefficient (Wildman–Crippen LogP) is 0.795. The Bertz CT molecular complexity index is 742. The number of aromatic nitrogens is 2. The van der Waals surface area contributed by atoms with Gasteiger partial charge in [-0.15, -0.1) is 0 Å². The molecule has 0 aliphatic rings. The summed E-state index contributed by atoms with van der Waals surface area (Å²) in [5, 5.41) is 3.92. The van der Waals surface area contributed by atoms with E-state index in [1.54, 1.807) is 6.07 Å². The van der Waals surface area contributed by atoms with Gasteiger partial charge in [0.1, 0.15) is 0 Å². The van der Waals surface area contributed by atoms with Crippen LogP contribution >= 0.6 is 0 Å². The van der Waals surface area contributed by atoms with E-state index in [4.69, 9.17) is 0 Å². The smallest absolute Gasteiger partial charge is 0.266 e. The van der Waals surface area contributed by atoms with Crippen LogP contribution in [0, 0.1) is 0 Å². The summed E-state index contributed by atoms with van der Waals surface area (Å²) in [7, 11) is -3.30. The third kappa shape index (κ3) is 5.42. The summed E-state index contributed by atoms with van der Waals surface area (Å²) in [6.45, 7) is 0.682. The van der Waals surface area contributed by atoms with Crippen LogP contribution in [0.25, 0.3) is 0 Å². The second-order valence-corrected chi connectivity index (χ2v) is 6.81. The molecule has 0 atom stereocenters. The SMILES string of the molecule is O=c1cccnn1CCCNS(=O)(=O)CCc1ccccc1. The molecule has 2 aromatic rings. The van der Waals surface area contributed by atoms with Gasteiger partial charge in [-0.25, -0.2) is 17.8 Å². The van der Waals surface area contributed by atoms with Gasteiger partial charge in [-0.1, -0.05) is 30.3 Å². The van der Waals surface area contributed by atoms with E-state index in [2.05, 4.69) is 9.82 Å². The van der Waals surface area contributed by atoms with E-state index in [-0.39, 0.29) is 11.3 Å². The van der Waals surface area contributed by atoms with Crippen molar-refractivity contribution in [1.29, 1.82) is 0 Å². The van der Waals surface area contributed by atoms with E-state index in [0.29, 0.717) is 25.9 Å². The van der Waals surface area contributed by atoms with Gasteiger partial charge in [0.05, 0.1) is 5.75 Å². The number of nitrogens with zero attached hydrogens (tertiary/aromatic N) is 2. The van der Waals surface area contributed by atoms with E-state index in [0.717, 1.165) is 5.56 Å². The molecule has 0 saturated heterocycles. The monoisotopic (exact) mass is 321 g/mol. The van der Waals surface area contributed by atoms with E-state index in [1.165, 1.54) is 16.9 Å². The molecule has 0 bridgehead atoms. The second kappa shape index (κ2) is 7.86. The summed E-state index contributed by atoms with van der Waals surface area (Å²) in [4.78, 5) is 11.4. The van der Waals surface area contributed by atoms with Crippen LogP contribution in [0.2, 0.25) is 0 Å². The number of hydrogen-bond donors (Lipinski definition) is 1. The lowest BCUT2D eigenvalue weighted by Crippen LogP contribution is -2.30. The Morgan fingerprint density at radius 2 is 1.86 bits per heavy atom. The van der Waals surface area contributed by atoms with Gasteiger partial charge >= 0.3 is 0 Å². The molecular formula is C15H19N3O3S. The van der Waals surface area contributed by atoms with Gasteiger partial charge in [0.25, 0.3) is 5.56 Å². The Hall–Kier alpha value is -1.99. The van der Waals surface area contributed by atoms with Crippen molar-refractivity contribution in [3.05, 3.63) is 64.6 Å². The number of rotatable bonds is 8. The van der Waals surface area contributed by atoms with Crippen molar-refractivity contribution in [3.8, 4) is 0 Å². The number of nitrogens with one attached hydrogen (secondary N) is 1. The molecule has 0 unspecified atom stereocenters. The third-order valence-electron chi connectivity index (χ3n) is 3.16. The minimum atomic E-state index is -3.30. The largest absolute Gasteiger partial charge is 0.268 e. The van der Waals surface area contributed by atoms with Crippen molar-refractivity contribution in [2.24, 2.45) is 0 Å². The van der Waals surface area contributed by atoms with Gasteiger partial charge in [-0.05, 0) is 24.5 Å². The van der Waals surface area contributed by atoms with E-state index in [9.17, 15) is 13.2 Å². The highest BCUT2D eigenvalue weighted by molar-refractivity contribution is 7.89. The Labute approximate surface area is 129 Å². The highest BCUT2D eigenvalue weighted by atomic mass is 32.2. The summed E-state index contributed by atoms with van der Waals surface area (Å²) in [6, 6.07) is 12.5. The first-order chi connectivity index (χ1) is 10.6. The minimum absolute atomic E-state index is 0.0561. The van der Waals surface area contributed by atoms with Crippen molar-refractivity contribution in [2.75, 3.05) is 12.3 Å². The summed E-state index contributed by atoms with van der Waals surface area (Å²) >= 11 is 0. The first-order valence-electron chi connectivity index (χ1n) is 7.10. The average Bonchev–Trinajstić information content (AvgIpc) is 2.52. The molecule has 0 radical (unpaired) electrons. The highest BCUT2D eigenvalue weighted by Crippen LogP contribution is 2.01. The van der Waals surface area contributed by atoms with Gasteiger partial charge in [0.15, 0.2) is 0 Å². The molecule has 1 aromatic carbocycles. The lowest BCUT2D eigenvalue weighted by Gasteiger charge is -2.07. The first-order valence-corrected chi connectivity index (χ1v) is 8.75. The van der Waals surface area contributed by atoms with Crippen LogP contribution in [-0.2, 0) is 23.0 Å². The van der Waals surface area contributed by atoms with Gasteiger partial charge < -0.3 is 0 Å². The molecule has 0 saturated carbocycles. The Balaban J connectivity index is 1.74. The molecule has 2 rings (SSSR count). The fraction of sp³-hybridized carbons (Fsp3) is 0.333. The molecule has 1 heterocycles. The zero-order chi connectivity index (χ0) is 15.8. The molecular weight excluding hydrogens is 302 g/mol. The molecule has 7 heteroatoms. The van der Waals surface area contributed by atoms with Crippen LogP contribution in [0.15, 0.2) is 53.5 Å². The minimum Gasteiger partial charge on any atom is -0.268 e.